The number of carbonyl (C=O) groups excluding carboxylic acids is 1. The van der Waals surface area contributed by atoms with E-state index in [2.05, 4.69) is 15.1 Å². The summed E-state index contributed by atoms with van der Waals surface area (Å²) in [4.78, 5) is 17.8. The number of nitrogens with one attached hydrogen (secondary N) is 1. The molecule has 1 amide bonds. The second-order valence-corrected chi connectivity index (χ2v) is 8.68. The van der Waals surface area contributed by atoms with Crippen LogP contribution in [0.4, 0.5) is 0 Å². The molecule has 4 fully saturated rings. The lowest BCUT2D eigenvalue weighted by atomic mass is 9.90. The number of amides is 1. The van der Waals surface area contributed by atoms with Crippen molar-refractivity contribution in [2.24, 2.45) is 5.92 Å². The topological polar surface area (TPSA) is 35.6 Å². The standard InChI is InChI=1S/C20H35N3O/c24-20(21-17-8-9-17)16-5-4-12-23(15-16)19-10-13-22(14-11-19)18-6-2-1-3-7-18/h16-19H,1-15H2,(H,21,24)/t16-/m1/s1. The van der Waals surface area contributed by atoms with Gasteiger partial charge < -0.3 is 10.2 Å². The van der Waals surface area contributed by atoms with Gasteiger partial charge in [0.25, 0.3) is 0 Å². The fourth-order valence-corrected chi connectivity index (χ4v) is 5.16. The molecule has 4 rings (SSSR count). The molecule has 1 N–H and O–H groups in total. The van der Waals surface area contributed by atoms with Crippen LogP contribution < -0.4 is 5.32 Å². The third kappa shape index (κ3) is 4.13. The minimum Gasteiger partial charge on any atom is -0.353 e. The van der Waals surface area contributed by atoms with Crippen LogP contribution in [-0.4, -0.2) is 60.0 Å². The Balaban J connectivity index is 1.24. The summed E-state index contributed by atoms with van der Waals surface area (Å²) in [5.74, 6) is 0.581. The maximum Gasteiger partial charge on any atom is 0.224 e. The van der Waals surface area contributed by atoms with Crippen molar-refractivity contribution < 1.29 is 4.79 Å². The highest BCUT2D eigenvalue weighted by molar-refractivity contribution is 5.79. The molecule has 2 saturated carbocycles. The Morgan fingerprint density at radius 2 is 1.42 bits per heavy atom. The lowest BCUT2D eigenvalue weighted by molar-refractivity contribution is -0.127. The van der Waals surface area contributed by atoms with Gasteiger partial charge in [-0.05, 0) is 71.0 Å². The summed E-state index contributed by atoms with van der Waals surface area (Å²) in [6, 6.07) is 2.10. The zero-order chi connectivity index (χ0) is 16.4. The van der Waals surface area contributed by atoms with E-state index in [1.807, 2.05) is 0 Å². The van der Waals surface area contributed by atoms with Gasteiger partial charge in [0, 0.05) is 24.7 Å². The fourth-order valence-electron chi connectivity index (χ4n) is 5.16. The van der Waals surface area contributed by atoms with Gasteiger partial charge in [-0.2, -0.15) is 0 Å². The molecule has 2 aliphatic heterocycles. The minimum atomic E-state index is 0.246. The number of hydrogen-bond acceptors (Lipinski definition) is 3. The number of rotatable bonds is 4. The van der Waals surface area contributed by atoms with Crippen molar-refractivity contribution in [1.29, 1.82) is 0 Å². The molecule has 2 saturated heterocycles. The fraction of sp³-hybridized carbons (Fsp3) is 0.950. The number of carbonyl (C=O) groups is 1. The number of hydrogen-bond donors (Lipinski definition) is 1. The summed E-state index contributed by atoms with van der Waals surface area (Å²) in [6.45, 7) is 4.78. The summed E-state index contributed by atoms with van der Waals surface area (Å²) in [6.07, 6.45) is 14.5. The van der Waals surface area contributed by atoms with E-state index in [0.29, 0.717) is 11.9 Å². The summed E-state index contributed by atoms with van der Waals surface area (Å²) in [5.41, 5.74) is 0. The molecular formula is C20H35N3O. The molecule has 136 valence electrons. The number of nitrogens with zero attached hydrogens (tertiary/aromatic N) is 2. The van der Waals surface area contributed by atoms with Crippen molar-refractivity contribution in [2.45, 2.75) is 88.8 Å². The first-order valence-electron chi connectivity index (χ1n) is 10.6. The van der Waals surface area contributed by atoms with Crippen LogP contribution in [0, 0.1) is 5.92 Å². The molecule has 24 heavy (non-hydrogen) atoms. The molecule has 0 bridgehead atoms. The van der Waals surface area contributed by atoms with Gasteiger partial charge in [-0.25, -0.2) is 0 Å². The normalized spacial score (nSPS) is 31.9. The quantitative estimate of drug-likeness (QED) is 0.859. The second-order valence-electron chi connectivity index (χ2n) is 8.68. The van der Waals surface area contributed by atoms with Crippen molar-refractivity contribution in [2.75, 3.05) is 26.2 Å². The first-order valence-corrected chi connectivity index (χ1v) is 10.6. The molecule has 4 nitrogen and oxygen atoms in total. The summed E-state index contributed by atoms with van der Waals surface area (Å²) in [5, 5.41) is 3.22. The van der Waals surface area contributed by atoms with Gasteiger partial charge in [-0.1, -0.05) is 19.3 Å². The first-order chi connectivity index (χ1) is 11.8. The third-order valence-electron chi connectivity index (χ3n) is 6.85. The second kappa shape index (κ2) is 7.74. The van der Waals surface area contributed by atoms with E-state index < -0.39 is 0 Å². The Hall–Kier alpha value is -0.610. The van der Waals surface area contributed by atoms with Crippen LogP contribution in [0.25, 0.3) is 0 Å². The monoisotopic (exact) mass is 333 g/mol. The molecule has 1 atom stereocenters. The van der Waals surface area contributed by atoms with Crippen LogP contribution in [0.15, 0.2) is 0 Å². The largest absolute Gasteiger partial charge is 0.353 e. The van der Waals surface area contributed by atoms with Gasteiger partial charge in [-0.3, -0.25) is 9.69 Å². The average molecular weight is 334 g/mol. The van der Waals surface area contributed by atoms with Crippen molar-refractivity contribution in [3.63, 3.8) is 0 Å². The van der Waals surface area contributed by atoms with Gasteiger partial charge >= 0.3 is 0 Å². The molecule has 0 radical (unpaired) electrons. The highest BCUT2D eigenvalue weighted by Gasteiger charge is 2.34. The number of likely N-dealkylation sites (tertiary alicyclic amines) is 2. The van der Waals surface area contributed by atoms with Gasteiger partial charge in [-0.15, -0.1) is 0 Å². The van der Waals surface area contributed by atoms with Gasteiger partial charge in [0.15, 0.2) is 0 Å². The van der Waals surface area contributed by atoms with E-state index in [-0.39, 0.29) is 5.92 Å². The summed E-state index contributed by atoms with van der Waals surface area (Å²) >= 11 is 0. The Labute approximate surface area is 147 Å². The maximum atomic E-state index is 12.4. The molecule has 0 spiro atoms. The van der Waals surface area contributed by atoms with Gasteiger partial charge in [0.05, 0.1) is 5.92 Å². The molecule has 4 aliphatic rings. The molecule has 0 unspecified atom stereocenters. The Bertz CT molecular complexity index is 423. The summed E-state index contributed by atoms with van der Waals surface area (Å²) < 4.78 is 0. The SMILES string of the molecule is O=C(NC1CC1)[C@@H]1CCCN(C2CCN(C3CCCCC3)CC2)C1. The lowest BCUT2D eigenvalue weighted by Gasteiger charge is -2.44. The van der Waals surface area contributed by atoms with Crippen molar-refractivity contribution >= 4 is 5.91 Å². The first kappa shape index (κ1) is 16.8. The average Bonchev–Trinajstić information content (AvgIpc) is 3.47. The zero-order valence-electron chi connectivity index (χ0n) is 15.2. The third-order valence-corrected chi connectivity index (χ3v) is 6.85. The molecular weight excluding hydrogens is 298 g/mol. The molecule has 4 heteroatoms. The number of piperidine rings is 2. The minimum absolute atomic E-state index is 0.246. The summed E-state index contributed by atoms with van der Waals surface area (Å²) in [7, 11) is 0. The van der Waals surface area contributed by atoms with E-state index in [9.17, 15) is 4.79 Å². The molecule has 2 aliphatic carbocycles. The van der Waals surface area contributed by atoms with Crippen LogP contribution >= 0.6 is 0 Å². The highest BCUT2D eigenvalue weighted by Crippen LogP contribution is 2.29. The van der Waals surface area contributed by atoms with Gasteiger partial charge in [0.1, 0.15) is 0 Å². The van der Waals surface area contributed by atoms with Crippen molar-refractivity contribution in [1.82, 2.24) is 15.1 Å². The predicted molar refractivity (Wildman–Crippen MR) is 96.9 cm³/mol. The van der Waals surface area contributed by atoms with Crippen molar-refractivity contribution in [3.05, 3.63) is 0 Å². The van der Waals surface area contributed by atoms with E-state index in [1.54, 1.807) is 0 Å². The zero-order valence-corrected chi connectivity index (χ0v) is 15.2. The van der Waals surface area contributed by atoms with Crippen molar-refractivity contribution in [3.8, 4) is 0 Å². The van der Waals surface area contributed by atoms with Crippen LogP contribution in [0.5, 0.6) is 0 Å². The molecule has 2 heterocycles. The predicted octanol–water partition coefficient (Wildman–Crippen LogP) is 2.77. The van der Waals surface area contributed by atoms with Gasteiger partial charge in [0.2, 0.25) is 5.91 Å². The van der Waals surface area contributed by atoms with Crippen LogP contribution in [0.1, 0.15) is 70.6 Å². The van der Waals surface area contributed by atoms with E-state index >= 15 is 0 Å². The van der Waals surface area contributed by atoms with E-state index in [4.69, 9.17) is 0 Å². The Kier molecular flexibility index (Phi) is 5.43. The van der Waals surface area contributed by atoms with E-state index in [1.165, 1.54) is 83.8 Å². The lowest BCUT2D eigenvalue weighted by Crippen LogP contribution is -2.52. The van der Waals surface area contributed by atoms with Crippen LogP contribution in [0.2, 0.25) is 0 Å². The Morgan fingerprint density at radius 1 is 0.708 bits per heavy atom. The smallest absolute Gasteiger partial charge is 0.224 e. The molecule has 0 aromatic carbocycles. The van der Waals surface area contributed by atoms with Crippen LogP contribution in [0.3, 0.4) is 0 Å². The Morgan fingerprint density at radius 3 is 2.12 bits per heavy atom. The van der Waals surface area contributed by atoms with E-state index in [0.717, 1.165) is 25.0 Å². The maximum absolute atomic E-state index is 12.4. The molecule has 0 aromatic heterocycles. The molecule has 0 aromatic rings. The van der Waals surface area contributed by atoms with Crippen LogP contribution in [-0.2, 0) is 4.79 Å². The highest BCUT2D eigenvalue weighted by atomic mass is 16.2.